The van der Waals surface area contributed by atoms with Crippen LogP contribution in [0.15, 0.2) is 58.7 Å². The predicted octanol–water partition coefficient (Wildman–Crippen LogP) is 4.70. The Hall–Kier alpha value is -3.64. The lowest BCUT2D eigenvalue weighted by atomic mass is 9.83. The molecule has 0 spiro atoms. The molecule has 12 heteroatoms. The van der Waals surface area contributed by atoms with Gasteiger partial charge in [-0.1, -0.05) is 11.8 Å². The van der Waals surface area contributed by atoms with Crippen LogP contribution < -0.4 is 10.5 Å². The lowest BCUT2D eigenvalue weighted by molar-refractivity contribution is 0.176. The number of aliphatic imine (C=N–C) groups is 1. The minimum absolute atomic E-state index is 0.130. The summed E-state index contributed by atoms with van der Waals surface area (Å²) in [5.41, 5.74) is 5.82. The molecule has 0 saturated heterocycles. The van der Waals surface area contributed by atoms with Gasteiger partial charge in [0, 0.05) is 36.6 Å². The van der Waals surface area contributed by atoms with Crippen molar-refractivity contribution in [1.29, 1.82) is 0 Å². The topological polar surface area (TPSA) is 109 Å². The smallest absolute Gasteiger partial charge is 0.181 e. The molecule has 1 aliphatic carbocycles. The molecular formula is C27H24F3N5O3S. The molecule has 0 bridgehead atoms. The van der Waals surface area contributed by atoms with Crippen molar-refractivity contribution in [1.82, 2.24) is 15.0 Å². The predicted molar refractivity (Wildman–Crippen MR) is 139 cm³/mol. The second kappa shape index (κ2) is 9.83. The summed E-state index contributed by atoms with van der Waals surface area (Å²) in [6, 6.07) is 6.15. The van der Waals surface area contributed by atoms with Crippen molar-refractivity contribution in [3.8, 4) is 5.75 Å². The van der Waals surface area contributed by atoms with Gasteiger partial charge in [0.05, 0.1) is 35.0 Å². The number of methoxy groups -OCH3 is 1. The molecule has 3 atom stereocenters. The molecular weight excluding hydrogens is 531 g/mol. The number of oxazole rings is 1. The molecule has 1 aliphatic heterocycles. The lowest BCUT2D eigenvalue weighted by Crippen LogP contribution is -2.41. The van der Waals surface area contributed by atoms with Crippen LogP contribution in [0.4, 0.5) is 13.2 Å². The summed E-state index contributed by atoms with van der Waals surface area (Å²) in [5.74, 6) is -1.51. The fraction of sp³-hybridized carbons (Fsp3) is 0.333. The van der Waals surface area contributed by atoms with Crippen LogP contribution in [0.2, 0.25) is 0 Å². The van der Waals surface area contributed by atoms with Gasteiger partial charge in [0.25, 0.3) is 0 Å². The molecule has 8 nitrogen and oxygen atoms in total. The normalized spacial score (nSPS) is 23.9. The average molecular weight is 556 g/mol. The molecule has 4 aromatic rings. The van der Waals surface area contributed by atoms with Crippen molar-refractivity contribution in [3.63, 3.8) is 0 Å². The number of rotatable bonds is 9. The molecule has 4 heterocycles. The largest absolute Gasteiger partial charge is 0.484 e. The first-order valence-electron chi connectivity index (χ1n) is 12.2. The molecule has 3 aromatic heterocycles. The number of nitrogens with two attached hydrogens (primary N) is 1. The summed E-state index contributed by atoms with van der Waals surface area (Å²) in [5, 5.41) is 0.882. The third-order valence-electron chi connectivity index (χ3n) is 7.25. The van der Waals surface area contributed by atoms with Crippen molar-refractivity contribution in [3.05, 3.63) is 83.5 Å². The Morgan fingerprint density at radius 1 is 1.21 bits per heavy atom. The zero-order chi connectivity index (χ0) is 27.2. The van der Waals surface area contributed by atoms with E-state index >= 15 is 4.39 Å². The highest BCUT2D eigenvalue weighted by atomic mass is 32.2. The summed E-state index contributed by atoms with van der Waals surface area (Å²) in [4.78, 5) is 17.2. The highest BCUT2D eigenvalue weighted by molar-refractivity contribution is 8.15. The van der Waals surface area contributed by atoms with E-state index in [-0.39, 0.29) is 29.7 Å². The van der Waals surface area contributed by atoms with Crippen LogP contribution in [0.5, 0.6) is 5.75 Å². The molecule has 0 unspecified atom stereocenters. The van der Waals surface area contributed by atoms with Crippen molar-refractivity contribution < 1.29 is 27.1 Å². The molecule has 2 aliphatic rings. The number of thioether (sulfide) groups is 1. The van der Waals surface area contributed by atoms with Crippen LogP contribution in [0.3, 0.4) is 0 Å². The number of fused-ring (bicyclic) bond motifs is 2. The van der Waals surface area contributed by atoms with E-state index in [1.54, 1.807) is 37.8 Å². The fourth-order valence-electron chi connectivity index (χ4n) is 5.42. The maximum Gasteiger partial charge on any atom is 0.181 e. The minimum Gasteiger partial charge on any atom is -0.484 e. The van der Waals surface area contributed by atoms with Crippen molar-refractivity contribution in [2.75, 3.05) is 20.4 Å². The number of aromatic nitrogens is 3. The summed E-state index contributed by atoms with van der Waals surface area (Å²) in [6.45, 7) is -0.522. The molecule has 1 fully saturated rings. The summed E-state index contributed by atoms with van der Waals surface area (Å²) in [6.07, 6.45) is 6.71. The van der Waals surface area contributed by atoms with Gasteiger partial charge in [0.15, 0.2) is 29.0 Å². The maximum atomic E-state index is 15.3. The van der Waals surface area contributed by atoms with E-state index in [1.165, 1.54) is 24.2 Å². The molecule has 0 radical (unpaired) electrons. The standard InChI is InChI=1S/C27H24F3N5O3S/c1-36-13-26-8-22(26)27(12-28,35-25(31)39-26)19-4-15(5-20(29)23(19)30)6-21-24-16(2-3-33-21)7-17(10-34-24)37-11-18-9-32-14-38-18/h2-5,7,9-10,14,22H,6,8,11-13H2,1H3,(H2,31,35)/t22-,26-,27-/m1/s1. The van der Waals surface area contributed by atoms with E-state index in [2.05, 4.69) is 19.9 Å². The monoisotopic (exact) mass is 555 g/mol. The van der Waals surface area contributed by atoms with Crippen LogP contribution in [0, 0.1) is 17.6 Å². The van der Waals surface area contributed by atoms with Gasteiger partial charge in [0.1, 0.15) is 24.6 Å². The van der Waals surface area contributed by atoms with E-state index in [1.807, 2.05) is 0 Å². The molecule has 2 N–H and O–H groups in total. The highest BCUT2D eigenvalue weighted by Gasteiger charge is 2.68. The van der Waals surface area contributed by atoms with E-state index in [0.717, 1.165) is 11.5 Å². The SMILES string of the molecule is COC[C@]12C[C@H]1[C@@](CF)(c1cc(Cc3nccc4cc(OCc5cnco5)cnc34)cc(F)c1F)N=C(N)S2. The van der Waals surface area contributed by atoms with E-state index in [9.17, 15) is 8.78 Å². The van der Waals surface area contributed by atoms with Gasteiger partial charge in [-0.2, -0.15) is 0 Å². The summed E-state index contributed by atoms with van der Waals surface area (Å²) in [7, 11) is 1.54. The third-order valence-corrected chi connectivity index (χ3v) is 8.53. The first-order valence-corrected chi connectivity index (χ1v) is 13.0. The number of hydrogen-bond donors (Lipinski definition) is 1. The second-order valence-electron chi connectivity index (χ2n) is 9.74. The van der Waals surface area contributed by atoms with Crippen LogP contribution in [-0.2, 0) is 23.3 Å². The Kier molecular flexibility index (Phi) is 6.46. The quantitative estimate of drug-likeness (QED) is 0.317. The lowest BCUT2D eigenvalue weighted by Gasteiger charge is -2.35. The van der Waals surface area contributed by atoms with Crippen LogP contribution >= 0.6 is 11.8 Å². The Balaban J connectivity index is 1.33. The van der Waals surface area contributed by atoms with Crippen molar-refractivity contribution in [2.24, 2.45) is 16.6 Å². The zero-order valence-corrected chi connectivity index (χ0v) is 21.7. The highest BCUT2D eigenvalue weighted by Crippen LogP contribution is 2.66. The first-order chi connectivity index (χ1) is 18.9. The number of benzene rings is 1. The van der Waals surface area contributed by atoms with Crippen molar-refractivity contribution >= 4 is 27.8 Å². The Bertz CT molecular complexity index is 1570. The van der Waals surface area contributed by atoms with E-state index in [4.69, 9.17) is 19.6 Å². The number of pyridine rings is 2. The zero-order valence-electron chi connectivity index (χ0n) is 20.9. The molecule has 6 rings (SSSR count). The number of halogens is 3. The van der Waals surface area contributed by atoms with E-state index in [0.29, 0.717) is 41.3 Å². The van der Waals surface area contributed by atoms with Gasteiger partial charge in [-0.3, -0.25) is 9.97 Å². The van der Waals surface area contributed by atoms with Crippen molar-refractivity contribution in [2.45, 2.75) is 29.7 Å². The van der Waals surface area contributed by atoms with Gasteiger partial charge in [-0.25, -0.2) is 23.1 Å². The molecule has 0 amide bonds. The second-order valence-corrected chi connectivity index (χ2v) is 11.2. The van der Waals surface area contributed by atoms with E-state index < -0.39 is 28.6 Å². The minimum atomic E-state index is -1.63. The maximum absolute atomic E-state index is 15.3. The molecule has 39 heavy (non-hydrogen) atoms. The number of nitrogens with zero attached hydrogens (tertiary/aromatic N) is 4. The molecule has 1 aromatic carbocycles. The van der Waals surface area contributed by atoms with Crippen LogP contribution in [-0.4, -0.2) is 45.3 Å². The summed E-state index contributed by atoms with van der Waals surface area (Å²) >= 11 is 1.30. The van der Waals surface area contributed by atoms with Gasteiger partial charge in [0.2, 0.25) is 0 Å². The van der Waals surface area contributed by atoms with Crippen LogP contribution in [0.25, 0.3) is 10.9 Å². The number of hydrogen-bond acceptors (Lipinski definition) is 9. The molecule has 1 saturated carbocycles. The van der Waals surface area contributed by atoms with Crippen LogP contribution in [0.1, 0.15) is 29.0 Å². The third kappa shape index (κ3) is 4.51. The first kappa shape index (κ1) is 25.6. The Morgan fingerprint density at radius 3 is 2.85 bits per heavy atom. The molecule has 202 valence electrons. The van der Waals surface area contributed by atoms with Gasteiger partial charge >= 0.3 is 0 Å². The fourth-order valence-corrected chi connectivity index (χ4v) is 6.80. The van der Waals surface area contributed by atoms with Gasteiger partial charge in [-0.05, 0) is 36.2 Å². The Morgan fingerprint density at radius 2 is 2.08 bits per heavy atom. The number of amidine groups is 1. The summed E-state index contributed by atoms with van der Waals surface area (Å²) < 4.78 is 60.8. The average Bonchev–Trinajstić information content (AvgIpc) is 3.39. The number of ether oxygens (including phenoxy) is 2. The Labute approximate surface area is 225 Å². The van der Waals surface area contributed by atoms with Gasteiger partial charge < -0.3 is 19.6 Å². The van der Waals surface area contributed by atoms with Gasteiger partial charge in [-0.15, -0.1) is 0 Å². The number of alkyl halides is 1.